The molecule has 1 aromatic carbocycles. The molecule has 1 atom stereocenters. The predicted octanol–water partition coefficient (Wildman–Crippen LogP) is 1.34. The van der Waals surface area contributed by atoms with Gasteiger partial charge < -0.3 is 9.84 Å². The van der Waals surface area contributed by atoms with Crippen LogP contribution < -0.4 is 5.48 Å². The fourth-order valence-corrected chi connectivity index (χ4v) is 1.57. The molecule has 0 aliphatic carbocycles. The summed E-state index contributed by atoms with van der Waals surface area (Å²) >= 11 is 0. The predicted molar refractivity (Wildman–Crippen MR) is 60.7 cm³/mol. The van der Waals surface area contributed by atoms with Crippen LogP contribution in [0, 0.1) is 5.82 Å². The Balaban J connectivity index is 2.12. The lowest BCUT2D eigenvalue weighted by atomic mass is 10.1. The molecule has 1 aliphatic rings. The highest BCUT2D eigenvalue weighted by atomic mass is 19.1. The number of carbonyl (C=O) groups excluding carboxylic acids is 1. The fraction of sp³-hybridized carbons (Fsp3) is 0.250. The number of hydroxylamine groups is 1. The molecule has 0 bridgehead atoms. The van der Waals surface area contributed by atoms with Crippen LogP contribution in [0.1, 0.15) is 12.0 Å². The van der Waals surface area contributed by atoms with Crippen LogP contribution in [0.15, 0.2) is 24.3 Å². The van der Waals surface area contributed by atoms with E-state index in [0.29, 0.717) is 11.3 Å². The molecular weight excluding hydrogens is 241 g/mol. The monoisotopic (exact) mass is 253 g/mol. The first-order valence-corrected chi connectivity index (χ1v) is 5.29. The van der Waals surface area contributed by atoms with Crippen molar-refractivity contribution in [3.05, 3.63) is 35.7 Å². The number of methoxy groups -OCH3 is 1. The Kier molecular flexibility index (Phi) is 3.47. The Labute approximate surface area is 103 Å². The van der Waals surface area contributed by atoms with E-state index >= 15 is 0 Å². The van der Waals surface area contributed by atoms with Crippen molar-refractivity contribution < 1.29 is 23.9 Å². The van der Waals surface area contributed by atoms with Gasteiger partial charge in [0.15, 0.2) is 11.6 Å². The van der Waals surface area contributed by atoms with Crippen LogP contribution in [-0.4, -0.2) is 24.3 Å². The van der Waals surface area contributed by atoms with Gasteiger partial charge in [-0.05, 0) is 24.3 Å². The van der Waals surface area contributed by atoms with Crippen LogP contribution in [0.5, 0.6) is 5.75 Å². The van der Waals surface area contributed by atoms with Crippen LogP contribution in [0.25, 0.3) is 5.70 Å². The Morgan fingerprint density at radius 2 is 2.39 bits per heavy atom. The average molecular weight is 253 g/mol. The number of ether oxygens (including phenoxy) is 1. The molecule has 1 aliphatic heterocycles. The molecule has 18 heavy (non-hydrogen) atoms. The molecule has 1 aromatic rings. The van der Waals surface area contributed by atoms with Crippen molar-refractivity contribution in [1.82, 2.24) is 5.48 Å². The van der Waals surface area contributed by atoms with Gasteiger partial charge in [-0.3, -0.25) is 15.1 Å². The minimum absolute atomic E-state index is 0.0770. The molecule has 6 heteroatoms. The molecule has 5 nitrogen and oxygen atoms in total. The van der Waals surface area contributed by atoms with E-state index in [-0.39, 0.29) is 6.42 Å². The Bertz CT molecular complexity index is 501. The molecule has 96 valence electrons. The third kappa shape index (κ3) is 2.60. The summed E-state index contributed by atoms with van der Waals surface area (Å²) in [4.78, 5) is 16.2. The fourth-order valence-electron chi connectivity index (χ4n) is 1.57. The molecule has 0 fully saturated rings. The van der Waals surface area contributed by atoms with Gasteiger partial charge in [0.05, 0.1) is 19.2 Å². The quantitative estimate of drug-likeness (QED) is 0.796. The van der Waals surface area contributed by atoms with Crippen molar-refractivity contribution in [1.29, 1.82) is 0 Å². The van der Waals surface area contributed by atoms with Gasteiger partial charge in [0.25, 0.3) is 0 Å². The zero-order valence-electron chi connectivity index (χ0n) is 9.64. The van der Waals surface area contributed by atoms with Crippen LogP contribution in [0.4, 0.5) is 4.39 Å². The highest BCUT2D eigenvalue weighted by Gasteiger charge is 2.21. The van der Waals surface area contributed by atoms with Gasteiger partial charge in [-0.15, -0.1) is 0 Å². The van der Waals surface area contributed by atoms with E-state index in [1.807, 2.05) is 0 Å². The molecule has 0 radical (unpaired) electrons. The normalized spacial score (nSPS) is 18.1. The van der Waals surface area contributed by atoms with Gasteiger partial charge in [-0.2, -0.15) is 0 Å². The van der Waals surface area contributed by atoms with E-state index in [4.69, 9.17) is 9.94 Å². The van der Waals surface area contributed by atoms with Gasteiger partial charge in [0, 0.05) is 5.56 Å². The van der Waals surface area contributed by atoms with Crippen LogP contribution >= 0.6 is 0 Å². The molecule has 0 amide bonds. The first kappa shape index (κ1) is 12.4. The maximum absolute atomic E-state index is 13.2. The zero-order valence-corrected chi connectivity index (χ0v) is 9.64. The van der Waals surface area contributed by atoms with Gasteiger partial charge in [0.2, 0.25) is 0 Å². The topological polar surface area (TPSA) is 67.8 Å². The number of carbonyl (C=O) groups is 1. The second-order valence-corrected chi connectivity index (χ2v) is 3.79. The lowest BCUT2D eigenvalue weighted by Crippen LogP contribution is -2.16. The summed E-state index contributed by atoms with van der Waals surface area (Å²) in [6, 6.07) is 3.97. The van der Waals surface area contributed by atoms with E-state index in [0.717, 1.165) is 0 Å². The number of nitrogens with one attached hydrogen (secondary N) is 1. The Morgan fingerprint density at radius 1 is 1.61 bits per heavy atom. The number of benzene rings is 1. The number of esters is 1. The third-order valence-corrected chi connectivity index (χ3v) is 2.53. The number of hydrogen-bond acceptors (Lipinski definition) is 5. The highest BCUT2D eigenvalue weighted by Crippen LogP contribution is 2.24. The van der Waals surface area contributed by atoms with Crippen LogP contribution in [0.2, 0.25) is 0 Å². The molecule has 2 rings (SSSR count). The van der Waals surface area contributed by atoms with Gasteiger partial charge in [-0.25, -0.2) is 4.39 Å². The van der Waals surface area contributed by atoms with E-state index < -0.39 is 23.6 Å². The summed E-state index contributed by atoms with van der Waals surface area (Å²) in [5.74, 6) is -1.52. The minimum Gasteiger partial charge on any atom is -0.505 e. The van der Waals surface area contributed by atoms with Crippen molar-refractivity contribution in [2.45, 2.75) is 12.5 Å². The molecular formula is C12H12FNO4. The van der Waals surface area contributed by atoms with E-state index in [1.165, 1.54) is 19.2 Å². The Hall–Kier alpha value is -2.08. The van der Waals surface area contributed by atoms with E-state index in [2.05, 4.69) is 10.2 Å². The molecule has 0 saturated heterocycles. The second-order valence-electron chi connectivity index (χ2n) is 3.79. The van der Waals surface area contributed by atoms with Gasteiger partial charge in [-0.1, -0.05) is 0 Å². The van der Waals surface area contributed by atoms with Crippen molar-refractivity contribution in [3.63, 3.8) is 0 Å². The first-order valence-electron chi connectivity index (χ1n) is 5.29. The van der Waals surface area contributed by atoms with Crippen molar-refractivity contribution in [3.8, 4) is 5.75 Å². The molecule has 0 spiro atoms. The standard InChI is InChI=1S/C12H12FNO4/c1-17-12(16)6-8-5-10(14-18-8)7-2-3-11(15)9(13)4-7/h2-5,8,14-15H,6H2,1H3/t8-/m1/s1. The minimum atomic E-state index is -0.716. The van der Waals surface area contributed by atoms with Gasteiger partial charge >= 0.3 is 5.97 Å². The van der Waals surface area contributed by atoms with Crippen LogP contribution in [0.3, 0.4) is 0 Å². The lowest BCUT2D eigenvalue weighted by Gasteiger charge is -2.05. The number of halogens is 1. The summed E-state index contributed by atoms with van der Waals surface area (Å²) in [7, 11) is 1.30. The summed E-state index contributed by atoms with van der Waals surface area (Å²) < 4.78 is 17.7. The molecule has 0 unspecified atom stereocenters. The first-order chi connectivity index (χ1) is 8.60. The van der Waals surface area contributed by atoms with Crippen molar-refractivity contribution in [2.75, 3.05) is 7.11 Å². The molecule has 0 saturated carbocycles. The van der Waals surface area contributed by atoms with E-state index in [9.17, 15) is 9.18 Å². The van der Waals surface area contributed by atoms with Gasteiger partial charge in [0.1, 0.15) is 6.10 Å². The third-order valence-electron chi connectivity index (χ3n) is 2.53. The highest BCUT2D eigenvalue weighted by molar-refractivity contribution is 5.72. The summed E-state index contributed by atoms with van der Waals surface area (Å²) in [5, 5.41) is 9.08. The maximum Gasteiger partial charge on any atom is 0.308 e. The molecule has 1 heterocycles. The largest absolute Gasteiger partial charge is 0.505 e. The number of rotatable bonds is 3. The van der Waals surface area contributed by atoms with Crippen molar-refractivity contribution >= 4 is 11.7 Å². The zero-order chi connectivity index (χ0) is 13.1. The average Bonchev–Trinajstić information content (AvgIpc) is 2.81. The maximum atomic E-state index is 13.2. The number of hydrogen-bond donors (Lipinski definition) is 2. The SMILES string of the molecule is COC(=O)C[C@H]1C=C(c2ccc(O)c(F)c2)NO1. The van der Waals surface area contributed by atoms with Crippen LogP contribution in [-0.2, 0) is 14.4 Å². The molecule has 2 N–H and O–H groups in total. The molecule has 0 aromatic heterocycles. The van der Waals surface area contributed by atoms with Crippen molar-refractivity contribution in [2.24, 2.45) is 0 Å². The summed E-state index contributed by atoms with van der Waals surface area (Å²) in [6.07, 6.45) is 1.28. The second kappa shape index (κ2) is 5.05. The summed E-state index contributed by atoms with van der Waals surface area (Å²) in [5.41, 5.74) is 3.67. The number of phenols is 1. The van der Waals surface area contributed by atoms with E-state index in [1.54, 1.807) is 12.1 Å². The smallest absolute Gasteiger partial charge is 0.308 e. The lowest BCUT2D eigenvalue weighted by molar-refractivity contribution is -0.143. The number of phenolic OH excluding ortho intramolecular Hbond substituents is 1. The summed E-state index contributed by atoms with van der Waals surface area (Å²) in [6.45, 7) is 0. The number of aromatic hydroxyl groups is 1. The Morgan fingerprint density at radius 3 is 3.06 bits per heavy atom.